The normalized spacial score (nSPS) is 14.1. The minimum absolute atomic E-state index is 0.160. The maximum Gasteiger partial charge on any atom is 0.123 e. The second-order valence-corrected chi connectivity index (χ2v) is 4.72. The first-order valence-electron chi connectivity index (χ1n) is 4.82. The highest BCUT2D eigenvalue weighted by molar-refractivity contribution is 5.17. The predicted molar refractivity (Wildman–Crippen MR) is 55.6 cm³/mol. The van der Waals surface area contributed by atoms with Crippen LogP contribution in [-0.4, -0.2) is 11.2 Å². The molecule has 1 rings (SSSR count). The molecule has 1 aromatic rings. The average Bonchev–Trinajstić information content (AvgIpc) is 2.02. The molecule has 0 aliphatic heterocycles. The van der Waals surface area contributed by atoms with Crippen LogP contribution in [0.25, 0.3) is 0 Å². The Morgan fingerprint density at radius 3 is 2.50 bits per heavy atom. The van der Waals surface area contributed by atoms with Gasteiger partial charge in [0, 0.05) is 0 Å². The maximum atomic E-state index is 12.8. The zero-order chi connectivity index (χ0) is 10.8. The van der Waals surface area contributed by atoms with Crippen LogP contribution in [0.15, 0.2) is 24.3 Å². The second-order valence-electron chi connectivity index (χ2n) is 4.72. The molecule has 0 fully saturated rings. The van der Waals surface area contributed by atoms with Crippen molar-refractivity contribution in [1.82, 2.24) is 0 Å². The molecular weight excluding hydrogens is 179 g/mol. The number of hydrogen-bond donors (Lipinski definition) is 1. The molecule has 0 spiro atoms. The van der Waals surface area contributed by atoms with Crippen molar-refractivity contribution in [2.45, 2.75) is 33.3 Å². The number of halogens is 1. The van der Waals surface area contributed by atoms with Crippen LogP contribution in [0.4, 0.5) is 4.39 Å². The molecule has 0 bridgehead atoms. The Labute approximate surface area is 84.6 Å². The largest absolute Gasteiger partial charge is 0.392 e. The second kappa shape index (κ2) is 4.09. The zero-order valence-corrected chi connectivity index (χ0v) is 8.92. The summed E-state index contributed by atoms with van der Waals surface area (Å²) >= 11 is 0. The lowest BCUT2D eigenvalue weighted by Crippen LogP contribution is -2.28. The molecule has 0 aliphatic carbocycles. The van der Waals surface area contributed by atoms with E-state index in [1.54, 1.807) is 6.07 Å². The van der Waals surface area contributed by atoms with E-state index in [2.05, 4.69) is 0 Å². The first-order chi connectivity index (χ1) is 6.39. The molecule has 0 aromatic heterocycles. The van der Waals surface area contributed by atoms with E-state index in [9.17, 15) is 9.50 Å². The molecule has 1 atom stereocenters. The molecule has 1 aromatic carbocycles. The third kappa shape index (κ3) is 3.11. The van der Waals surface area contributed by atoms with Crippen LogP contribution in [0.1, 0.15) is 26.3 Å². The molecule has 0 saturated carbocycles. The highest BCUT2D eigenvalue weighted by Gasteiger charge is 2.22. The first-order valence-corrected chi connectivity index (χ1v) is 4.82. The summed E-state index contributed by atoms with van der Waals surface area (Å²) in [6.45, 7) is 5.91. The van der Waals surface area contributed by atoms with Crippen molar-refractivity contribution in [3.8, 4) is 0 Å². The van der Waals surface area contributed by atoms with E-state index in [4.69, 9.17) is 0 Å². The van der Waals surface area contributed by atoms with Crippen LogP contribution in [0, 0.1) is 11.2 Å². The number of aliphatic hydroxyl groups is 1. The third-order valence-electron chi connectivity index (χ3n) is 2.32. The van der Waals surface area contributed by atoms with Crippen LogP contribution in [-0.2, 0) is 6.42 Å². The highest BCUT2D eigenvalue weighted by atomic mass is 19.1. The van der Waals surface area contributed by atoms with E-state index in [0.717, 1.165) is 5.56 Å². The Morgan fingerprint density at radius 1 is 1.36 bits per heavy atom. The van der Waals surface area contributed by atoms with Gasteiger partial charge in [0.2, 0.25) is 0 Å². The van der Waals surface area contributed by atoms with Gasteiger partial charge in [0.05, 0.1) is 6.10 Å². The Morgan fingerprint density at radius 2 is 2.00 bits per heavy atom. The smallest absolute Gasteiger partial charge is 0.123 e. The Bertz CT molecular complexity index is 301. The summed E-state index contributed by atoms with van der Waals surface area (Å²) in [7, 11) is 0. The molecule has 0 heterocycles. The van der Waals surface area contributed by atoms with E-state index in [0.29, 0.717) is 6.42 Å². The molecule has 2 heteroatoms. The topological polar surface area (TPSA) is 20.2 Å². The van der Waals surface area contributed by atoms with Crippen molar-refractivity contribution in [2.75, 3.05) is 0 Å². The van der Waals surface area contributed by atoms with E-state index >= 15 is 0 Å². The summed E-state index contributed by atoms with van der Waals surface area (Å²) in [4.78, 5) is 0. The van der Waals surface area contributed by atoms with Gasteiger partial charge in [-0.25, -0.2) is 4.39 Å². The van der Waals surface area contributed by atoms with Crippen molar-refractivity contribution < 1.29 is 9.50 Å². The molecule has 14 heavy (non-hydrogen) atoms. The van der Waals surface area contributed by atoms with Crippen LogP contribution >= 0.6 is 0 Å². The molecule has 0 amide bonds. The fourth-order valence-corrected chi connectivity index (χ4v) is 1.19. The monoisotopic (exact) mass is 196 g/mol. The van der Waals surface area contributed by atoms with Crippen molar-refractivity contribution in [3.05, 3.63) is 35.6 Å². The van der Waals surface area contributed by atoms with E-state index in [1.165, 1.54) is 12.1 Å². The van der Waals surface area contributed by atoms with Gasteiger partial charge in [0.25, 0.3) is 0 Å². The molecule has 1 unspecified atom stereocenters. The van der Waals surface area contributed by atoms with Crippen molar-refractivity contribution in [2.24, 2.45) is 5.41 Å². The Hall–Kier alpha value is -0.890. The molecule has 0 aliphatic rings. The highest BCUT2D eigenvalue weighted by Crippen LogP contribution is 2.22. The zero-order valence-electron chi connectivity index (χ0n) is 8.92. The summed E-state index contributed by atoms with van der Waals surface area (Å²) in [5.74, 6) is -0.247. The van der Waals surface area contributed by atoms with Crippen LogP contribution in [0.3, 0.4) is 0 Å². The van der Waals surface area contributed by atoms with Gasteiger partial charge in [0.1, 0.15) is 5.82 Å². The van der Waals surface area contributed by atoms with E-state index < -0.39 is 6.10 Å². The van der Waals surface area contributed by atoms with Crippen molar-refractivity contribution >= 4 is 0 Å². The van der Waals surface area contributed by atoms with Gasteiger partial charge in [-0.2, -0.15) is 0 Å². The first kappa shape index (κ1) is 11.2. The molecule has 1 N–H and O–H groups in total. The van der Waals surface area contributed by atoms with Crippen molar-refractivity contribution in [1.29, 1.82) is 0 Å². The summed E-state index contributed by atoms with van der Waals surface area (Å²) in [5.41, 5.74) is 0.680. The number of rotatable bonds is 2. The van der Waals surface area contributed by atoms with Gasteiger partial charge in [-0.05, 0) is 29.5 Å². The van der Waals surface area contributed by atoms with Crippen LogP contribution in [0.5, 0.6) is 0 Å². The summed E-state index contributed by atoms with van der Waals surface area (Å²) < 4.78 is 12.8. The van der Waals surface area contributed by atoms with E-state index in [1.807, 2.05) is 26.8 Å². The van der Waals surface area contributed by atoms with Gasteiger partial charge in [-0.1, -0.05) is 32.9 Å². The van der Waals surface area contributed by atoms with Gasteiger partial charge < -0.3 is 5.11 Å². The van der Waals surface area contributed by atoms with Crippen LogP contribution in [0.2, 0.25) is 0 Å². The Balaban J connectivity index is 2.70. The van der Waals surface area contributed by atoms with E-state index in [-0.39, 0.29) is 11.2 Å². The molecular formula is C12H17FO. The Kier molecular flexibility index (Phi) is 3.27. The minimum Gasteiger partial charge on any atom is -0.392 e. The van der Waals surface area contributed by atoms with Gasteiger partial charge in [-0.15, -0.1) is 0 Å². The minimum atomic E-state index is -0.440. The molecule has 78 valence electrons. The fraction of sp³-hybridized carbons (Fsp3) is 0.500. The van der Waals surface area contributed by atoms with Gasteiger partial charge >= 0.3 is 0 Å². The number of benzene rings is 1. The summed E-state index contributed by atoms with van der Waals surface area (Å²) in [5, 5.41) is 9.81. The molecule has 0 radical (unpaired) electrons. The van der Waals surface area contributed by atoms with Crippen LogP contribution < -0.4 is 0 Å². The lowest BCUT2D eigenvalue weighted by Gasteiger charge is -2.25. The van der Waals surface area contributed by atoms with Gasteiger partial charge in [-0.3, -0.25) is 0 Å². The molecule has 1 nitrogen and oxygen atoms in total. The fourth-order valence-electron chi connectivity index (χ4n) is 1.19. The number of hydrogen-bond acceptors (Lipinski definition) is 1. The summed E-state index contributed by atoms with van der Waals surface area (Å²) in [6.07, 6.45) is 0.0608. The van der Waals surface area contributed by atoms with Gasteiger partial charge in [0.15, 0.2) is 0 Å². The summed E-state index contributed by atoms with van der Waals surface area (Å²) in [6, 6.07) is 6.38. The predicted octanol–water partition coefficient (Wildman–Crippen LogP) is 2.78. The quantitative estimate of drug-likeness (QED) is 0.771. The lowest BCUT2D eigenvalue weighted by atomic mass is 9.85. The average molecular weight is 196 g/mol. The number of aliphatic hydroxyl groups excluding tert-OH is 1. The standard InChI is InChI=1S/C12H17FO/c1-12(2,3)11(14)8-9-5-4-6-10(13)7-9/h4-7,11,14H,8H2,1-3H3. The molecule has 0 saturated heterocycles. The lowest BCUT2D eigenvalue weighted by molar-refractivity contribution is 0.0635. The SMILES string of the molecule is CC(C)(C)C(O)Cc1cccc(F)c1. The van der Waals surface area contributed by atoms with Crippen molar-refractivity contribution in [3.63, 3.8) is 0 Å². The maximum absolute atomic E-state index is 12.8. The third-order valence-corrected chi connectivity index (χ3v) is 2.32.